The van der Waals surface area contributed by atoms with Crippen LogP contribution in [0.2, 0.25) is 0 Å². The van der Waals surface area contributed by atoms with Crippen molar-refractivity contribution in [3.63, 3.8) is 0 Å². The van der Waals surface area contributed by atoms with E-state index >= 15 is 0 Å². The van der Waals surface area contributed by atoms with Gasteiger partial charge < -0.3 is 62.6 Å². The van der Waals surface area contributed by atoms with Gasteiger partial charge in [0.2, 0.25) is 46.5 Å². The fourth-order valence-electron chi connectivity index (χ4n) is 9.83. The topological polar surface area (TPSA) is 340 Å². The van der Waals surface area contributed by atoms with Crippen molar-refractivity contribution in [3.8, 4) is 23.0 Å². The number of phenolic OH excluding ortho intramolecular Hbond substituents is 2. The first-order valence-electron chi connectivity index (χ1n) is 26.7. The van der Waals surface area contributed by atoms with Crippen LogP contribution in [0, 0.1) is 17.8 Å². The second-order valence-corrected chi connectivity index (χ2v) is 22.4. The van der Waals surface area contributed by atoms with Crippen molar-refractivity contribution in [2.75, 3.05) is 5.75 Å². The summed E-state index contributed by atoms with van der Waals surface area (Å²) < 4.78 is 12.2. The Hall–Kier alpha value is -8.47. The number of aromatic hydroxyl groups is 2. The molecule has 8 atom stereocenters. The molecule has 0 saturated carbocycles. The molecule has 11 N–H and O–H groups in total. The van der Waals surface area contributed by atoms with Crippen molar-refractivity contribution < 1.29 is 67.6 Å². The van der Waals surface area contributed by atoms with Crippen molar-refractivity contribution >= 4 is 70.1 Å². The average molecular weight is 1130 g/mol. The summed E-state index contributed by atoms with van der Waals surface area (Å²) in [7, 11) is 0. The van der Waals surface area contributed by atoms with E-state index in [-0.39, 0.29) is 70.8 Å². The highest BCUT2D eigenvalue weighted by atomic mass is 32.2. The summed E-state index contributed by atoms with van der Waals surface area (Å²) in [6.07, 6.45) is -0.147. The van der Waals surface area contributed by atoms with Gasteiger partial charge in [-0.1, -0.05) is 90.1 Å². The van der Waals surface area contributed by atoms with Crippen LogP contribution < -0.4 is 47.7 Å². The lowest BCUT2D eigenvalue weighted by Gasteiger charge is -2.36. The largest absolute Gasteiger partial charge is 0.508 e. The molecule has 1 fully saturated rings. The van der Waals surface area contributed by atoms with Crippen LogP contribution in [0.25, 0.3) is 0 Å². The molecular formula is C58H68N8O14S. The summed E-state index contributed by atoms with van der Waals surface area (Å²) in [4.78, 5) is 140. The van der Waals surface area contributed by atoms with Gasteiger partial charge in [-0.25, -0.2) is 4.79 Å². The number of nitrogens with two attached hydrogens (primary N) is 1. The normalized spacial score (nSPS) is 21.1. The first kappa shape index (κ1) is 60.2. The molecule has 7 rings (SSSR count). The molecule has 23 heteroatoms. The Morgan fingerprint density at radius 1 is 0.704 bits per heavy atom. The maximum Gasteiger partial charge on any atom is 0.340 e. The number of hydrogen-bond acceptors (Lipinski definition) is 15. The predicted octanol–water partition coefficient (Wildman–Crippen LogP) is 3.22. The molecule has 1 saturated heterocycles. The number of rotatable bonds is 16. The summed E-state index contributed by atoms with van der Waals surface area (Å²) in [6, 6.07) is 11.7. The zero-order valence-electron chi connectivity index (χ0n) is 45.9. The van der Waals surface area contributed by atoms with E-state index in [1.165, 1.54) is 61.5 Å². The van der Waals surface area contributed by atoms with Crippen LogP contribution in [0.5, 0.6) is 23.0 Å². The van der Waals surface area contributed by atoms with Gasteiger partial charge in [0, 0.05) is 46.6 Å². The number of carbonyl (C=O) groups excluding carboxylic acids is 10. The van der Waals surface area contributed by atoms with Crippen LogP contribution in [0.3, 0.4) is 0 Å². The third-order valence-electron chi connectivity index (χ3n) is 14.2. The summed E-state index contributed by atoms with van der Waals surface area (Å²) in [5.41, 5.74) is 5.45. The highest BCUT2D eigenvalue weighted by Crippen LogP contribution is 2.57. The third kappa shape index (κ3) is 14.1. The smallest absolute Gasteiger partial charge is 0.340 e. The molecule has 8 amide bonds. The number of benzene rings is 4. The summed E-state index contributed by atoms with van der Waals surface area (Å²) in [6.45, 7) is 12.1. The quantitative estimate of drug-likeness (QED) is 0.0721. The zero-order valence-corrected chi connectivity index (χ0v) is 46.7. The van der Waals surface area contributed by atoms with Gasteiger partial charge >= 0.3 is 5.97 Å². The molecule has 0 bridgehead atoms. The third-order valence-corrected chi connectivity index (χ3v) is 15.3. The van der Waals surface area contributed by atoms with Crippen molar-refractivity contribution in [2.24, 2.45) is 23.5 Å². The number of esters is 1. The molecule has 0 radical (unpaired) electrons. The van der Waals surface area contributed by atoms with Gasteiger partial charge in [0.05, 0.1) is 18.0 Å². The Morgan fingerprint density at radius 2 is 1.30 bits per heavy atom. The first-order chi connectivity index (χ1) is 38.4. The number of amides is 8. The van der Waals surface area contributed by atoms with E-state index < -0.39 is 124 Å². The summed E-state index contributed by atoms with van der Waals surface area (Å²) in [5.74, 6) is -9.16. The maximum atomic E-state index is 14.4. The summed E-state index contributed by atoms with van der Waals surface area (Å²) in [5, 5.41) is 38.7. The number of fused-ring (bicyclic) bond motifs is 6. The molecule has 3 heterocycles. The minimum absolute atomic E-state index is 0.00140. The number of nitrogens with one attached hydrogen (secondary N) is 7. The van der Waals surface area contributed by atoms with E-state index in [4.69, 9.17) is 15.2 Å². The molecular weight excluding hydrogens is 1060 g/mol. The van der Waals surface area contributed by atoms with E-state index in [2.05, 4.69) is 37.2 Å². The molecule has 4 aromatic rings. The second kappa shape index (κ2) is 25.8. The number of primary amides is 1. The number of ether oxygens (including phenoxy) is 2. The van der Waals surface area contributed by atoms with Gasteiger partial charge in [0.15, 0.2) is 5.60 Å². The molecule has 430 valence electrons. The molecule has 0 unspecified atom stereocenters. The molecule has 3 aliphatic heterocycles. The van der Waals surface area contributed by atoms with Gasteiger partial charge in [-0.05, 0) is 85.5 Å². The Balaban J connectivity index is 1.15. The van der Waals surface area contributed by atoms with Gasteiger partial charge in [-0.2, -0.15) is 0 Å². The molecule has 22 nitrogen and oxygen atoms in total. The molecule has 81 heavy (non-hydrogen) atoms. The second-order valence-electron chi connectivity index (χ2n) is 21.4. The van der Waals surface area contributed by atoms with Crippen molar-refractivity contribution in [1.29, 1.82) is 0 Å². The van der Waals surface area contributed by atoms with Crippen molar-refractivity contribution in [2.45, 2.75) is 128 Å². The number of carbonyl (C=O) groups is 10. The molecule has 0 aromatic heterocycles. The standard InChI is InChI=1S/C58H68N8O14S/c1-8-30(6)48(66-50(71)33-14-17-36-39(23-33)58(80-56(36)77)37-18-15-34(67)24-45(37)79-46-25-35(68)16-19-38(46)58)55(76)63-42(26-47(59)69)53(74)65-44-27-81-57(78)43(21-29(4)5)64-51(72)40(20-28(2)3)62-52(73)41(22-32-12-10-9-11-13-32)61-49(70)31(7)60-54(44)75/h9-19,23-25,28-31,40-44,48,67-68H,8,20-22,26-27H2,1-7H3,(H2,59,69)(H,60,75)(H,61,70)(H,62,73)(H,63,76)(H,64,72)(H,65,74)(H,66,71)/t30-,31-,40-,41-,42-,43-,44-,48-/m0/s1. The highest BCUT2D eigenvalue weighted by molar-refractivity contribution is 8.13. The first-order valence-corrected chi connectivity index (χ1v) is 27.7. The van der Waals surface area contributed by atoms with Gasteiger partial charge in [-0.3, -0.25) is 43.2 Å². The van der Waals surface area contributed by atoms with E-state index in [0.717, 1.165) is 0 Å². The van der Waals surface area contributed by atoms with Crippen LogP contribution >= 0.6 is 11.8 Å². The van der Waals surface area contributed by atoms with Gasteiger partial charge in [0.25, 0.3) is 5.91 Å². The van der Waals surface area contributed by atoms with E-state index in [1.807, 2.05) is 27.7 Å². The SMILES string of the molecule is CC[C@H](C)[C@H](NC(=O)c1ccc2c(c1)C1(OC2=O)c2ccc(O)cc2Oc2cc(O)ccc21)C(=O)N[C@@H](CC(N)=O)C(=O)N[C@H]1CSC(=O)[C@H](CC(C)C)NC(=O)[C@H](CC(C)C)NC(=O)[C@H](Cc2ccccc2)NC(=O)[C@H](C)NC1=O. The monoisotopic (exact) mass is 1130 g/mol. The van der Waals surface area contributed by atoms with Gasteiger partial charge in [0.1, 0.15) is 59.2 Å². The Morgan fingerprint density at radius 3 is 1.90 bits per heavy atom. The Labute approximate surface area is 472 Å². The van der Waals surface area contributed by atoms with Crippen molar-refractivity contribution in [3.05, 3.63) is 118 Å². The predicted molar refractivity (Wildman–Crippen MR) is 296 cm³/mol. The van der Waals surface area contributed by atoms with E-state index in [1.54, 1.807) is 44.2 Å². The fraction of sp³-hybridized carbons (Fsp3) is 0.414. The van der Waals surface area contributed by atoms with Gasteiger partial charge in [-0.15, -0.1) is 0 Å². The minimum Gasteiger partial charge on any atom is -0.508 e. The maximum absolute atomic E-state index is 14.4. The Bertz CT molecular complexity index is 3070. The number of hydrogen-bond donors (Lipinski definition) is 10. The van der Waals surface area contributed by atoms with E-state index in [0.29, 0.717) is 34.9 Å². The number of thioether (sulfide) groups is 1. The molecule has 3 aliphatic rings. The summed E-state index contributed by atoms with van der Waals surface area (Å²) >= 11 is 0.606. The van der Waals surface area contributed by atoms with Crippen LogP contribution in [-0.4, -0.2) is 117 Å². The van der Waals surface area contributed by atoms with Crippen LogP contribution in [-0.2, 0) is 55.1 Å². The Kier molecular flexibility index (Phi) is 19.1. The van der Waals surface area contributed by atoms with Crippen molar-refractivity contribution in [1.82, 2.24) is 37.2 Å². The highest BCUT2D eigenvalue weighted by Gasteiger charge is 2.54. The molecule has 0 aliphatic carbocycles. The fourth-order valence-corrected chi connectivity index (χ4v) is 10.8. The van der Waals surface area contributed by atoms with E-state index in [9.17, 15) is 58.2 Å². The van der Waals surface area contributed by atoms with Crippen LogP contribution in [0.4, 0.5) is 0 Å². The minimum atomic E-state index is -1.77. The van der Waals surface area contributed by atoms with Crippen LogP contribution in [0.1, 0.15) is 117 Å². The lowest BCUT2D eigenvalue weighted by atomic mass is 9.77. The zero-order chi connectivity index (χ0) is 59.0. The average Bonchev–Trinajstić information content (AvgIpc) is 1.95. The lowest BCUT2D eigenvalue weighted by Crippen LogP contribution is -2.61. The number of phenols is 2. The lowest BCUT2D eigenvalue weighted by molar-refractivity contribution is -0.135. The molecule has 1 spiro atoms. The van der Waals surface area contributed by atoms with Crippen LogP contribution in [0.15, 0.2) is 84.9 Å². The molecule has 4 aromatic carbocycles.